The SMILES string of the molecule is COc1cccc(NC(=O)NCCN(C(=O)Nc2ccc(C)cc2)c2ccc(Oc3ccccc3)cc2)c1. The van der Waals surface area contributed by atoms with Crippen LogP contribution in [0, 0.1) is 6.92 Å². The number of carbonyl (C=O) groups is 2. The van der Waals surface area contributed by atoms with Crippen LogP contribution in [0.2, 0.25) is 0 Å². The van der Waals surface area contributed by atoms with Crippen molar-refractivity contribution in [3.63, 3.8) is 0 Å². The molecule has 0 saturated heterocycles. The largest absolute Gasteiger partial charge is 0.497 e. The molecule has 0 fully saturated rings. The first-order valence-corrected chi connectivity index (χ1v) is 12.2. The van der Waals surface area contributed by atoms with E-state index < -0.39 is 0 Å². The summed E-state index contributed by atoms with van der Waals surface area (Å²) in [5.74, 6) is 2.01. The fraction of sp³-hybridized carbons (Fsp3) is 0.133. The Bertz CT molecular complexity index is 1340. The number of benzene rings is 4. The molecule has 0 unspecified atom stereocenters. The number of methoxy groups -OCH3 is 1. The highest BCUT2D eigenvalue weighted by Crippen LogP contribution is 2.25. The predicted molar refractivity (Wildman–Crippen MR) is 151 cm³/mol. The number of anilines is 3. The van der Waals surface area contributed by atoms with Gasteiger partial charge in [-0.05, 0) is 67.6 Å². The minimum absolute atomic E-state index is 0.222. The van der Waals surface area contributed by atoms with E-state index in [1.807, 2.05) is 73.7 Å². The normalized spacial score (nSPS) is 10.3. The number of hydrogen-bond donors (Lipinski definition) is 3. The molecule has 0 spiro atoms. The lowest BCUT2D eigenvalue weighted by Gasteiger charge is -2.24. The molecule has 0 aliphatic heterocycles. The predicted octanol–water partition coefficient (Wildman–Crippen LogP) is 6.66. The lowest BCUT2D eigenvalue weighted by atomic mass is 10.2. The lowest BCUT2D eigenvalue weighted by molar-refractivity contribution is 0.250. The molecule has 4 aromatic rings. The van der Waals surface area contributed by atoms with E-state index in [2.05, 4.69) is 16.0 Å². The number of amides is 4. The molecule has 0 saturated carbocycles. The average Bonchev–Trinajstić information content (AvgIpc) is 2.93. The molecule has 8 nitrogen and oxygen atoms in total. The van der Waals surface area contributed by atoms with Crippen molar-refractivity contribution in [1.29, 1.82) is 0 Å². The fourth-order valence-corrected chi connectivity index (χ4v) is 3.65. The molecule has 0 radical (unpaired) electrons. The molecule has 0 heterocycles. The summed E-state index contributed by atoms with van der Waals surface area (Å²) in [7, 11) is 1.57. The Morgan fingerprint density at radius 3 is 2.13 bits per heavy atom. The standard InChI is InChI=1S/C30H30N4O4/c1-22-11-13-23(14-12-22)33-30(36)34(20-19-31-29(35)32-24-7-6-10-28(21-24)37-2)25-15-17-27(18-16-25)38-26-8-4-3-5-9-26/h3-18,21H,19-20H2,1-2H3,(H,33,36)(H2,31,32,35). The van der Waals surface area contributed by atoms with E-state index in [1.165, 1.54) is 0 Å². The molecule has 0 aliphatic carbocycles. The number of ether oxygens (including phenoxy) is 2. The van der Waals surface area contributed by atoms with E-state index >= 15 is 0 Å². The maximum Gasteiger partial charge on any atom is 0.326 e. The van der Waals surface area contributed by atoms with Crippen molar-refractivity contribution >= 4 is 29.1 Å². The number of hydrogen-bond acceptors (Lipinski definition) is 4. The van der Waals surface area contributed by atoms with Gasteiger partial charge < -0.3 is 25.4 Å². The van der Waals surface area contributed by atoms with Crippen LogP contribution in [0.15, 0.2) is 103 Å². The minimum atomic E-state index is -0.385. The summed E-state index contributed by atoms with van der Waals surface area (Å²) in [5.41, 5.74) is 3.04. The Morgan fingerprint density at radius 1 is 0.737 bits per heavy atom. The van der Waals surface area contributed by atoms with Gasteiger partial charge in [-0.3, -0.25) is 4.90 Å². The van der Waals surface area contributed by atoms with Crippen molar-refractivity contribution in [2.45, 2.75) is 6.92 Å². The van der Waals surface area contributed by atoms with Gasteiger partial charge in [-0.2, -0.15) is 0 Å². The van der Waals surface area contributed by atoms with Gasteiger partial charge in [-0.15, -0.1) is 0 Å². The van der Waals surface area contributed by atoms with Gasteiger partial charge in [0, 0.05) is 36.2 Å². The molecule has 38 heavy (non-hydrogen) atoms. The molecule has 8 heteroatoms. The summed E-state index contributed by atoms with van der Waals surface area (Å²) in [6, 6.07) is 30.6. The Balaban J connectivity index is 1.42. The van der Waals surface area contributed by atoms with E-state index in [1.54, 1.807) is 48.4 Å². The van der Waals surface area contributed by atoms with Crippen LogP contribution in [-0.4, -0.2) is 32.3 Å². The molecule has 0 aromatic heterocycles. The van der Waals surface area contributed by atoms with Gasteiger partial charge in [0.1, 0.15) is 17.2 Å². The first kappa shape index (κ1) is 26.1. The van der Waals surface area contributed by atoms with E-state index in [0.717, 1.165) is 11.3 Å². The van der Waals surface area contributed by atoms with Crippen molar-refractivity contribution in [1.82, 2.24) is 5.32 Å². The van der Waals surface area contributed by atoms with Crippen LogP contribution in [0.25, 0.3) is 0 Å². The number of nitrogens with zero attached hydrogens (tertiary/aromatic N) is 1. The number of aryl methyl sites for hydroxylation is 1. The van der Waals surface area contributed by atoms with Gasteiger partial charge in [0.25, 0.3) is 0 Å². The van der Waals surface area contributed by atoms with Gasteiger partial charge in [-0.1, -0.05) is 42.0 Å². The van der Waals surface area contributed by atoms with Gasteiger partial charge >= 0.3 is 12.1 Å². The molecular formula is C30H30N4O4. The molecule has 0 aliphatic rings. The van der Waals surface area contributed by atoms with Crippen molar-refractivity contribution in [2.24, 2.45) is 0 Å². The van der Waals surface area contributed by atoms with Gasteiger partial charge in [-0.25, -0.2) is 9.59 Å². The van der Waals surface area contributed by atoms with Crippen LogP contribution in [0.5, 0.6) is 17.2 Å². The van der Waals surface area contributed by atoms with Crippen molar-refractivity contribution in [2.75, 3.05) is 35.7 Å². The Hall–Kier alpha value is -4.98. The van der Waals surface area contributed by atoms with Gasteiger partial charge in [0.15, 0.2) is 0 Å². The van der Waals surface area contributed by atoms with Crippen LogP contribution in [-0.2, 0) is 0 Å². The zero-order valence-corrected chi connectivity index (χ0v) is 21.3. The Labute approximate surface area is 222 Å². The summed E-state index contributed by atoms with van der Waals surface area (Å²) >= 11 is 0. The first-order chi connectivity index (χ1) is 18.5. The number of rotatable bonds is 9. The molecule has 194 valence electrons. The highest BCUT2D eigenvalue weighted by Gasteiger charge is 2.17. The maximum absolute atomic E-state index is 13.3. The molecule has 0 atom stereocenters. The van der Waals surface area contributed by atoms with E-state index in [4.69, 9.17) is 9.47 Å². The second-order valence-electron chi connectivity index (χ2n) is 8.47. The highest BCUT2D eigenvalue weighted by molar-refractivity contribution is 6.01. The second kappa shape index (κ2) is 12.8. The van der Waals surface area contributed by atoms with Gasteiger partial charge in [0.05, 0.1) is 7.11 Å². The number of urea groups is 2. The Morgan fingerprint density at radius 2 is 1.42 bits per heavy atom. The van der Waals surface area contributed by atoms with Crippen molar-refractivity contribution in [3.05, 3.63) is 109 Å². The third kappa shape index (κ3) is 7.51. The lowest BCUT2D eigenvalue weighted by Crippen LogP contribution is -2.42. The van der Waals surface area contributed by atoms with Crippen LogP contribution in [0.3, 0.4) is 0 Å². The third-order valence-electron chi connectivity index (χ3n) is 5.62. The molecule has 0 bridgehead atoms. The third-order valence-corrected chi connectivity index (χ3v) is 5.62. The van der Waals surface area contributed by atoms with Crippen LogP contribution in [0.4, 0.5) is 26.7 Å². The van der Waals surface area contributed by atoms with Gasteiger partial charge in [0.2, 0.25) is 0 Å². The monoisotopic (exact) mass is 510 g/mol. The topological polar surface area (TPSA) is 91.9 Å². The van der Waals surface area contributed by atoms with Crippen LogP contribution >= 0.6 is 0 Å². The van der Waals surface area contributed by atoms with Crippen LogP contribution < -0.4 is 30.3 Å². The summed E-state index contributed by atoms with van der Waals surface area (Å²) in [5, 5.41) is 8.50. The van der Waals surface area contributed by atoms with Crippen molar-refractivity contribution in [3.8, 4) is 17.2 Å². The number of para-hydroxylation sites is 1. The zero-order valence-electron chi connectivity index (χ0n) is 21.3. The maximum atomic E-state index is 13.3. The second-order valence-corrected chi connectivity index (χ2v) is 8.47. The van der Waals surface area contributed by atoms with E-state index in [-0.39, 0.29) is 25.2 Å². The minimum Gasteiger partial charge on any atom is -0.497 e. The summed E-state index contributed by atoms with van der Waals surface area (Å²) < 4.78 is 11.1. The number of nitrogens with one attached hydrogen (secondary N) is 3. The molecule has 4 amide bonds. The highest BCUT2D eigenvalue weighted by atomic mass is 16.5. The molecule has 4 aromatic carbocycles. The van der Waals surface area contributed by atoms with E-state index in [0.29, 0.717) is 28.6 Å². The summed E-state index contributed by atoms with van der Waals surface area (Å²) in [4.78, 5) is 27.3. The first-order valence-electron chi connectivity index (χ1n) is 12.2. The Kier molecular flexibility index (Phi) is 8.80. The van der Waals surface area contributed by atoms with Crippen LogP contribution in [0.1, 0.15) is 5.56 Å². The smallest absolute Gasteiger partial charge is 0.326 e. The molecular weight excluding hydrogens is 480 g/mol. The molecule has 4 rings (SSSR count). The quantitative estimate of drug-likeness (QED) is 0.235. The summed E-state index contributed by atoms with van der Waals surface area (Å²) in [6.45, 7) is 2.45. The number of carbonyl (C=O) groups excluding carboxylic acids is 2. The zero-order chi connectivity index (χ0) is 26.7. The fourth-order valence-electron chi connectivity index (χ4n) is 3.65. The average molecular weight is 511 g/mol. The van der Waals surface area contributed by atoms with E-state index in [9.17, 15) is 9.59 Å². The summed E-state index contributed by atoms with van der Waals surface area (Å²) in [6.07, 6.45) is 0. The van der Waals surface area contributed by atoms with Crippen molar-refractivity contribution < 1.29 is 19.1 Å². The molecule has 3 N–H and O–H groups in total.